The van der Waals surface area contributed by atoms with Gasteiger partial charge in [-0.15, -0.1) is 0 Å². The Kier molecular flexibility index (Phi) is 4.40. The van der Waals surface area contributed by atoms with Crippen molar-refractivity contribution in [2.24, 2.45) is 0 Å². The predicted molar refractivity (Wildman–Crippen MR) is 91.9 cm³/mol. The molecular weight excluding hydrogens is 310 g/mol. The van der Waals surface area contributed by atoms with Crippen LogP contribution in [0.15, 0.2) is 35.4 Å². The van der Waals surface area contributed by atoms with Crippen molar-refractivity contribution >= 4 is 20.9 Å². The topological polar surface area (TPSA) is 62.3 Å². The van der Waals surface area contributed by atoms with E-state index in [1.807, 2.05) is 19.1 Å². The van der Waals surface area contributed by atoms with Gasteiger partial charge in [0, 0.05) is 36.8 Å². The van der Waals surface area contributed by atoms with Gasteiger partial charge in [-0.3, -0.25) is 9.88 Å². The fraction of sp³-hybridized carbons (Fsp3) is 0.471. The summed E-state index contributed by atoms with van der Waals surface area (Å²) in [4.78, 5) is 6.89. The molecule has 0 unspecified atom stereocenters. The quantitative estimate of drug-likeness (QED) is 0.932. The molecule has 0 aliphatic carbocycles. The number of fused-ring (bicyclic) bond motifs is 1. The van der Waals surface area contributed by atoms with Crippen LogP contribution in [0.2, 0.25) is 0 Å². The lowest BCUT2D eigenvalue weighted by molar-refractivity contribution is 0.271. The first-order valence-corrected chi connectivity index (χ1v) is 9.47. The number of aromatic nitrogens is 1. The van der Waals surface area contributed by atoms with E-state index in [0.717, 1.165) is 30.5 Å². The van der Waals surface area contributed by atoms with Crippen LogP contribution >= 0.6 is 0 Å². The third kappa shape index (κ3) is 3.39. The normalized spacial score (nSPS) is 19.7. The summed E-state index contributed by atoms with van der Waals surface area (Å²) < 4.78 is 28.4. The van der Waals surface area contributed by atoms with Gasteiger partial charge >= 0.3 is 0 Å². The molecule has 1 N–H and O–H groups in total. The average molecular weight is 333 g/mol. The highest BCUT2D eigenvalue weighted by Crippen LogP contribution is 2.23. The summed E-state index contributed by atoms with van der Waals surface area (Å²) in [7, 11) is -3.57. The van der Waals surface area contributed by atoms with Crippen molar-refractivity contribution in [2.45, 2.75) is 44.2 Å². The van der Waals surface area contributed by atoms with Crippen molar-refractivity contribution in [3.05, 3.63) is 36.0 Å². The van der Waals surface area contributed by atoms with Crippen LogP contribution in [0.25, 0.3) is 10.9 Å². The summed E-state index contributed by atoms with van der Waals surface area (Å²) in [6, 6.07) is 7.65. The molecule has 0 saturated carbocycles. The zero-order valence-corrected chi connectivity index (χ0v) is 14.6. The molecule has 124 valence electrons. The first-order chi connectivity index (χ1) is 10.9. The Hall–Kier alpha value is -1.50. The van der Waals surface area contributed by atoms with E-state index in [1.165, 1.54) is 0 Å². The summed E-state index contributed by atoms with van der Waals surface area (Å²) in [6.45, 7) is 7.90. The Balaban J connectivity index is 1.89. The summed E-state index contributed by atoms with van der Waals surface area (Å²) in [5, 5.41) is 0.850. The second-order valence-electron chi connectivity index (χ2n) is 6.54. The monoisotopic (exact) mass is 333 g/mol. The minimum Gasteiger partial charge on any atom is -0.299 e. The van der Waals surface area contributed by atoms with Gasteiger partial charge in [-0.05, 0) is 44.9 Å². The maximum absolute atomic E-state index is 12.8. The van der Waals surface area contributed by atoms with E-state index in [4.69, 9.17) is 0 Å². The van der Waals surface area contributed by atoms with Gasteiger partial charge in [-0.1, -0.05) is 12.1 Å². The summed E-state index contributed by atoms with van der Waals surface area (Å²) in [5.41, 5.74) is 1.55. The standard InChI is InChI=1S/C17H23N3O2S/c1-12(2)20-8-7-15(11-20)19-23(21,22)16-6-4-5-14-9-13(3)10-18-17(14)16/h4-6,9-10,12,15,19H,7-8,11H2,1-3H3/t15-/m0/s1. The van der Waals surface area contributed by atoms with Crippen LogP contribution < -0.4 is 4.72 Å². The molecule has 1 aliphatic heterocycles. The van der Waals surface area contributed by atoms with E-state index >= 15 is 0 Å². The fourth-order valence-corrected chi connectivity index (χ4v) is 4.54. The number of rotatable bonds is 4. The number of sulfonamides is 1. The second kappa shape index (κ2) is 6.19. The molecule has 0 bridgehead atoms. The smallest absolute Gasteiger partial charge is 0.243 e. The van der Waals surface area contributed by atoms with Crippen LogP contribution in [-0.4, -0.2) is 43.5 Å². The van der Waals surface area contributed by atoms with E-state index in [2.05, 4.69) is 28.5 Å². The molecule has 0 radical (unpaired) electrons. The van der Waals surface area contributed by atoms with Crippen LogP contribution in [0.4, 0.5) is 0 Å². The van der Waals surface area contributed by atoms with Crippen LogP contribution in [0.1, 0.15) is 25.8 Å². The molecule has 1 aromatic carbocycles. The number of pyridine rings is 1. The van der Waals surface area contributed by atoms with Crippen molar-refractivity contribution in [2.75, 3.05) is 13.1 Å². The van der Waals surface area contributed by atoms with E-state index in [0.29, 0.717) is 11.6 Å². The molecule has 1 atom stereocenters. The molecule has 1 saturated heterocycles. The van der Waals surface area contributed by atoms with Gasteiger partial charge in [0.2, 0.25) is 10.0 Å². The number of hydrogen-bond donors (Lipinski definition) is 1. The van der Waals surface area contributed by atoms with Gasteiger partial charge in [0.05, 0.1) is 5.52 Å². The van der Waals surface area contributed by atoms with Crippen LogP contribution in [0.5, 0.6) is 0 Å². The first kappa shape index (κ1) is 16.4. The number of hydrogen-bond acceptors (Lipinski definition) is 4. The number of nitrogens with one attached hydrogen (secondary N) is 1. The molecule has 1 aromatic heterocycles. The van der Waals surface area contributed by atoms with Crippen molar-refractivity contribution in [3.63, 3.8) is 0 Å². The van der Waals surface area contributed by atoms with Gasteiger partial charge in [-0.2, -0.15) is 0 Å². The van der Waals surface area contributed by atoms with Crippen molar-refractivity contribution in [1.82, 2.24) is 14.6 Å². The van der Waals surface area contributed by atoms with Crippen molar-refractivity contribution in [1.29, 1.82) is 0 Å². The summed E-state index contributed by atoms with van der Waals surface area (Å²) >= 11 is 0. The molecule has 0 spiro atoms. The minimum atomic E-state index is -3.57. The van der Waals surface area contributed by atoms with E-state index in [1.54, 1.807) is 18.3 Å². The first-order valence-electron chi connectivity index (χ1n) is 7.98. The largest absolute Gasteiger partial charge is 0.299 e. The van der Waals surface area contributed by atoms with Crippen molar-refractivity contribution in [3.8, 4) is 0 Å². The maximum Gasteiger partial charge on any atom is 0.243 e. The highest BCUT2D eigenvalue weighted by atomic mass is 32.2. The van der Waals surface area contributed by atoms with Gasteiger partial charge in [-0.25, -0.2) is 13.1 Å². The Bertz CT molecular complexity index is 818. The molecular formula is C17H23N3O2S. The number of para-hydroxylation sites is 1. The molecule has 0 amide bonds. The maximum atomic E-state index is 12.8. The second-order valence-corrected chi connectivity index (χ2v) is 8.22. The van der Waals surface area contributed by atoms with Gasteiger partial charge in [0.15, 0.2) is 0 Å². The van der Waals surface area contributed by atoms with Crippen LogP contribution in [-0.2, 0) is 10.0 Å². The molecule has 2 aromatic rings. The molecule has 1 fully saturated rings. The minimum absolute atomic E-state index is 0.0388. The molecule has 1 aliphatic rings. The highest BCUT2D eigenvalue weighted by Gasteiger charge is 2.29. The van der Waals surface area contributed by atoms with Crippen molar-refractivity contribution < 1.29 is 8.42 Å². The third-order valence-electron chi connectivity index (χ3n) is 4.37. The van der Waals surface area contributed by atoms with E-state index in [9.17, 15) is 8.42 Å². The number of aryl methyl sites for hydroxylation is 1. The Morgan fingerprint density at radius 3 is 2.83 bits per heavy atom. The lowest BCUT2D eigenvalue weighted by Crippen LogP contribution is -2.38. The molecule has 3 rings (SSSR count). The van der Waals surface area contributed by atoms with Gasteiger partial charge in [0.1, 0.15) is 4.90 Å². The van der Waals surface area contributed by atoms with Crippen LogP contribution in [0, 0.1) is 6.92 Å². The zero-order chi connectivity index (χ0) is 16.6. The lowest BCUT2D eigenvalue weighted by atomic mass is 10.2. The predicted octanol–water partition coefficient (Wildman–Crippen LogP) is 2.30. The zero-order valence-electron chi connectivity index (χ0n) is 13.8. The molecule has 2 heterocycles. The highest BCUT2D eigenvalue weighted by molar-refractivity contribution is 7.89. The third-order valence-corrected chi connectivity index (χ3v) is 5.92. The Morgan fingerprint density at radius 1 is 1.35 bits per heavy atom. The van der Waals surface area contributed by atoms with E-state index in [-0.39, 0.29) is 10.9 Å². The number of likely N-dealkylation sites (tertiary alicyclic amines) is 1. The molecule has 5 nitrogen and oxygen atoms in total. The summed E-state index contributed by atoms with van der Waals surface area (Å²) in [6.07, 6.45) is 2.55. The van der Waals surface area contributed by atoms with Gasteiger partial charge in [0.25, 0.3) is 0 Å². The molecule has 23 heavy (non-hydrogen) atoms. The number of nitrogens with zero attached hydrogens (tertiary/aromatic N) is 2. The SMILES string of the molecule is Cc1cnc2c(S(=O)(=O)N[C@H]3CCN(C(C)C)C3)cccc2c1. The fourth-order valence-electron chi connectivity index (χ4n) is 3.10. The van der Waals surface area contributed by atoms with E-state index < -0.39 is 10.0 Å². The Morgan fingerprint density at radius 2 is 2.13 bits per heavy atom. The molecule has 6 heteroatoms. The summed E-state index contributed by atoms with van der Waals surface area (Å²) in [5.74, 6) is 0. The number of benzene rings is 1. The van der Waals surface area contributed by atoms with Gasteiger partial charge < -0.3 is 0 Å². The Labute approximate surface area is 137 Å². The van der Waals surface area contributed by atoms with Crippen LogP contribution in [0.3, 0.4) is 0 Å². The average Bonchev–Trinajstić information content (AvgIpc) is 2.94. The lowest BCUT2D eigenvalue weighted by Gasteiger charge is -2.20.